The Labute approximate surface area is 124 Å². The summed E-state index contributed by atoms with van der Waals surface area (Å²) in [5, 5.41) is 3.23. The zero-order valence-corrected chi connectivity index (χ0v) is 12.5. The Hall–Kier alpha value is -2.37. The van der Waals surface area contributed by atoms with Crippen molar-refractivity contribution in [2.24, 2.45) is 0 Å². The van der Waals surface area contributed by atoms with Gasteiger partial charge in [0.25, 0.3) is 0 Å². The van der Waals surface area contributed by atoms with Gasteiger partial charge in [0.15, 0.2) is 11.6 Å². The first-order chi connectivity index (χ1) is 10.2. The van der Waals surface area contributed by atoms with Gasteiger partial charge in [0.1, 0.15) is 6.61 Å². The summed E-state index contributed by atoms with van der Waals surface area (Å²) >= 11 is 0. The third-order valence-corrected chi connectivity index (χ3v) is 3.08. The maximum Gasteiger partial charge on any atom is 0.222 e. The van der Waals surface area contributed by atoms with Crippen LogP contribution in [0.1, 0.15) is 31.0 Å². The number of nitrogen functional groups attached to an aromatic ring is 1. The number of unbranched alkanes of at least 4 members (excludes halogenated alkanes) is 1. The molecule has 3 N–H and O–H groups in total. The van der Waals surface area contributed by atoms with Crippen molar-refractivity contribution in [3.05, 3.63) is 35.8 Å². The quantitative estimate of drug-likeness (QED) is 0.761. The molecule has 0 atom stereocenters. The smallest absolute Gasteiger partial charge is 0.222 e. The highest BCUT2D eigenvalue weighted by atomic mass is 16.5. The minimum absolute atomic E-state index is 0.232. The number of pyridine rings is 1. The van der Waals surface area contributed by atoms with Gasteiger partial charge in [-0.3, -0.25) is 4.98 Å². The number of hydrogen-bond donors (Lipinski definition) is 2. The lowest BCUT2D eigenvalue weighted by molar-refractivity contribution is 0.299. The average Bonchev–Trinajstić information content (AvgIpc) is 2.48. The van der Waals surface area contributed by atoms with Crippen molar-refractivity contribution in [3.63, 3.8) is 0 Å². The summed E-state index contributed by atoms with van der Waals surface area (Å²) in [6.45, 7) is 5.34. The summed E-state index contributed by atoms with van der Waals surface area (Å²) in [6, 6.07) is 3.91. The largest absolute Gasteiger partial charge is 0.482 e. The second-order valence-electron chi connectivity index (χ2n) is 4.78. The average molecular weight is 287 g/mol. The highest BCUT2D eigenvalue weighted by Gasteiger charge is 2.08. The molecule has 0 radical (unpaired) electrons. The monoisotopic (exact) mass is 287 g/mol. The molecule has 0 aromatic carbocycles. The van der Waals surface area contributed by atoms with E-state index in [1.165, 1.54) is 0 Å². The van der Waals surface area contributed by atoms with E-state index in [-0.39, 0.29) is 5.95 Å². The molecule has 0 aliphatic rings. The molecule has 6 heteroatoms. The van der Waals surface area contributed by atoms with Crippen molar-refractivity contribution < 1.29 is 4.74 Å². The van der Waals surface area contributed by atoms with Crippen LogP contribution in [0.5, 0.6) is 5.75 Å². The Kier molecular flexibility index (Phi) is 5.31. The summed E-state index contributed by atoms with van der Waals surface area (Å²) in [5.74, 6) is 1.45. The van der Waals surface area contributed by atoms with Crippen LogP contribution in [0.2, 0.25) is 0 Å². The minimum Gasteiger partial charge on any atom is -0.482 e. The molecule has 0 aliphatic carbocycles. The van der Waals surface area contributed by atoms with Gasteiger partial charge in [0.05, 0.1) is 11.9 Å². The van der Waals surface area contributed by atoms with E-state index in [0.717, 1.165) is 30.6 Å². The summed E-state index contributed by atoms with van der Waals surface area (Å²) < 4.78 is 5.78. The number of rotatable bonds is 7. The van der Waals surface area contributed by atoms with Crippen molar-refractivity contribution in [2.45, 2.75) is 33.3 Å². The number of nitrogens with zero attached hydrogens (tertiary/aromatic N) is 3. The van der Waals surface area contributed by atoms with E-state index in [0.29, 0.717) is 18.2 Å². The zero-order chi connectivity index (χ0) is 15.1. The molecule has 0 amide bonds. The van der Waals surface area contributed by atoms with Crippen LogP contribution in [0.15, 0.2) is 24.5 Å². The number of hydrogen-bond acceptors (Lipinski definition) is 6. The Morgan fingerprint density at radius 2 is 2.19 bits per heavy atom. The van der Waals surface area contributed by atoms with Crippen LogP contribution in [0.4, 0.5) is 11.8 Å². The van der Waals surface area contributed by atoms with E-state index in [1.54, 1.807) is 12.4 Å². The van der Waals surface area contributed by atoms with Gasteiger partial charge in [-0.25, -0.2) is 4.98 Å². The number of nitrogens with one attached hydrogen (secondary N) is 1. The van der Waals surface area contributed by atoms with Crippen LogP contribution in [0.3, 0.4) is 0 Å². The molecule has 0 spiro atoms. The molecule has 2 aromatic rings. The first-order valence-corrected chi connectivity index (χ1v) is 7.10. The maximum atomic E-state index is 5.78. The maximum absolute atomic E-state index is 5.78. The van der Waals surface area contributed by atoms with Crippen molar-refractivity contribution in [1.29, 1.82) is 0 Å². The number of nitrogens with two attached hydrogens (primary N) is 1. The van der Waals surface area contributed by atoms with Crippen LogP contribution < -0.4 is 15.8 Å². The van der Waals surface area contributed by atoms with E-state index in [1.807, 2.05) is 19.1 Å². The zero-order valence-electron chi connectivity index (χ0n) is 12.5. The van der Waals surface area contributed by atoms with Gasteiger partial charge in [0, 0.05) is 12.7 Å². The molecule has 2 rings (SSSR count). The summed E-state index contributed by atoms with van der Waals surface area (Å²) in [4.78, 5) is 12.5. The fraction of sp³-hybridized carbons (Fsp3) is 0.400. The van der Waals surface area contributed by atoms with Crippen LogP contribution >= 0.6 is 0 Å². The normalized spacial score (nSPS) is 10.4. The first kappa shape index (κ1) is 15.0. The van der Waals surface area contributed by atoms with Crippen LogP contribution in [-0.4, -0.2) is 21.5 Å². The molecular formula is C15H21N5O. The topological polar surface area (TPSA) is 86.0 Å². The van der Waals surface area contributed by atoms with Crippen LogP contribution in [0.25, 0.3) is 0 Å². The van der Waals surface area contributed by atoms with Gasteiger partial charge in [-0.05, 0) is 25.0 Å². The van der Waals surface area contributed by atoms with Crippen molar-refractivity contribution in [3.8, 4) is 5.75 Å². The van der Waals surface area contributed by atoms with Gasteiger partial charge in [-0.2, -0.15) is 4.98 Å². The van der Waals surface area contributed by atoms with E-state index in [2.05, 4.69) is 27.2 Å². The number of ether oxygens (including phenoxy) is 1. The Morgan fingerprint density at radius 1 is 1.33 bits per heavy atom. The minimum atomic E-state index is 0.232. The molecule has 0 fully saturated rings. The summed E-state index contributed by atoms with van der Waals surface area (Å²) in [7, 11) is 0. The summed E-state index contributed by atoms with van der Waals surface area (Å²) in [5.41, 5.74) is 7.62. The standard InChI is InChI=1S/C15H21N5O/c1-3-4-7-18-14-13(9-19-15(16)20-14)21-10-12-11(2)6-5-8-17-12/h5-6,8-9H,3-4,7,10H2,1-2H3,(H3,16,18,19,20). The predicted molar refractivity (Wildman–Crippen MR) is 83.1 cm³/mol. The highest BCUT2D eigenvalue weighted by molar-refractivity contribution is 5.51. The third-order valence-electron chi connectivity index (χ3n) is 3.08. The molecule has 2 aromatic heterocycles. The molecular weight excluding hydrogens is 266 g/mol. The number of anilines is 2. The Morgan fingerprint density at radius 3 is 2.95 bits per heavy atom. The first-order valence-electron chi connectivity index (χ1n) is 7.10. The third kappa shape index (κ3) is 4.30. The van der Waals surface area contributed by atoms with Gasteiger partial charge in [-0.1, -0.05) is 19.4 Å². The molecule has 0 bridgehead atoms. The van der Waals surface area contributed by atoms with E-state index in [9.17, 15) is 0 Å². The van der Waals surface area contributed by atoms with E-state index >= 15 is 0 Å². The number of aryl methyl sites for hydroxylation is 1. The molecule has 0 unspecified atom stereocenters. The molecule has 6 nitrogen and oxygen atoms in total. The van der Waals surface area contributed by atoms with Crippen molar-refractivity contribution in [1.82, 2.24) is 15.0 Å². The van der Waals surface area contributed by atoms with E-state index < -0.39 is 0 Å². The lowest BCUT2D eigenvalue weighted by atomic mass is 10.2. The molecule has 2 heterocycles. The predicted octanol–water partition coefficient (Wildman–Crippen LogP) is 2.55. The SMILES string of the molecule is CCCCNc1nc(N)ncc1OCc1ncccc1C. The highest BCUT2D eigenvalue weighted by Crippen LogP contribution is 2.22. The number of aromatic nitrogens is 3. The van der Waals surface area contributed by atoms with Crippen molar-refractivity contribution >= 4 is 11.8 Å². The molecule has 21 heavy (non-hydrogen) atoms. The van der Waals surface area contributed by atoms with Gasteiger partial charge in [0.2, 0.25) is 5.95 Å². The molecule has 0 saturated carbocycles. The van der Waals surface area contributed by atoms with Crippen molar-refractivity contribution in [2.75, 3.05) is 17.6 Å². The Balaban J connectivity index is 2.06. The fourth-order valence-electron chi connectivity index (χ4n) is 1.82. The van der Waals surface area contributed by atoms with Crippen LogP contribution in [0, 0.1) is 6.92 Å². The van der Waals surface area contributed by atoms with Gasteiger partial charge >= 0.3 is 0 Å². The van der Waals surface area contributed by atoms with E-state index in [4.69, 9.17) is 10.5 Å². The lowest BCUT2D eigenvalue weighted by Gasteiger charge is -2.12. The van der Waals surface area contributed by atoms with Gasteiger partial charge < -0.3 is 15.8 Å². The van der Waals surface area contributed by atoms with Gasteiger partial charge in [-0.15, -0.1) is 0 Å². The second kappa shape index (κ2) is 7.42. The fourth-order valence-corrected chi connectivity index (χ4v) is 1.82. The molecule has 0 saturated heterocycles. The van der Waals surface area contributed by atoms with Crippen LogP contribution in [-0.2, 0) is 6.61 Å². The lowest BCUT2D eigenvalue weighted by Crippen LogP contribution is -2.09. The Bertz CT molecular complexity index is 588. The molecule has 112 valence electrons. The molecule has 0 aliphatic heterocycles. The second-order valence-corrected chi connectivity index (χ2v) is 4.78. The summed E-state index contributed by atoms with van der Waals surface area (Å²) in [6.07, 6.45) is 5.51.